The molecule has 104 valence electrons. The lowest BCUT2D eigenvalue weighted by Crippen LogP contribution is -2.05. The predicted molar refractivity (Wildman–Crippen MR) is 81.1 cm³/mol. The van der Waals surface area contributed by atoms with Crippen LogP contribution >= 0.6 is 0 Å². The number of carbonyl (C=O) groups is 1. The van der Waals surface area contributed by atoms with Gasteiger partial charge in [-0.05, 0) is 42.0 Å². The summed E-state index contributed by atoms with van der Waals surface area (Å²) >= 11 is 0. The molecule has 1 amide bonds. The highest BCUT2D eigenvalue weighted by molar-refractivity contribution is 5.88. The zero-order valence-electron chi connectivity index (χ0n) is 11.6. The van der Waals surface area contributed by atoms with Gasteiger partial charge in [0.15, 0.2) is 0 Å². The van der Waals surface area contributed by atoms with Gasteiger partial charge in [-0.1, -0.05) is 12.1 Å². The lowest BCUT2D eigenvalue weighted by molar-refractivity contribution is -0.114. The quantitative estimate of drug-likeness (QED) is 0.876. The molecule has 0 saturated carbocycles. The maximum absolute atomic E-state index is 10.9. The Balaban J connectivity index is 1.94. The SMILES string of the molecule is COc1cccc(CNc2ccc(NC(C)=O)cc2)c1. The molecule has 4 nitrogen and oxygen atoms in total. The second kappa shape index (κ2) is 6.61. The maximum Gasteiger partial charge on any atom is 0.221 e. The third kappa shape index (κ3) is 4.02. The van der Waals surface area contributed by atoms with Gasteiger partial charge in [0, 0.05) is 24.8 Å². The molecule has 4 heteroatoms. The van der Waals surface area contributed by atoms with Gasteiger partial charge in [-0.2, -0.15) is 0 Å². The molecule has 0 unspecified atom stereocenters. The molecule has 0 saturated heterocycles. The van der Waals surface area contributed by atoms with Crippen LogP contribution in [0.1, 0.15) is 12.5 Å². The first-order valence-corrected chi connectivity index (χ1v) is 6.42. The Hall–Kier alpha value is -2.49. The molecule has 0 heterocycles. The number of hydrogen-bond donors (Lipinski definition) is 2. The number of carbonyl (C=O) groups excluding carboxylic acids is 1. The summed E-state index contributed by atoms with van der Waals surface area (Å²) in [6.07, 6.45) is 0. The van der Waals surface area contributed by atoms with Crippen LogP contribution in [-0.2, 0) is 11.3 Å². The fraction of sp³-hybridized carbons (Fsp3) is 0.188. The summed E-state index contributed by atoms with van der Waals surface area (Å²) in [5.74, 6) is 0.785. The number of ether oxygens (including phenoxy) is 1. The van der Waals surface area contributed by atoms with Gasteiger partial charge in [0.05, 0.1) is 7.11 Å². The number of rotatable bonds is 5. The van der Waals surface area contributed by atoms with Crippen molar-refractivity contribution < 1.29 is 9.53 Å². The molecule has 0 aliphatic heterocycles. The fourth-order valence-electron chi connectivity index (χ4n) is 1.86. The summed E-state index contributed by atoms with van der Waals surface area (Å²) in [7, 11) is 1.66. The fourth-order valence-corrected chi connectivity index (χ4v) is 1.86. The van der Waals surface area contributed by atoms with Gasteiger partial charge in [0.2, 0.25) is 5.91 Å². The number of nitrogens with one attached hydrogen (secondary N) is 2. The van der Waals surface area contributed by atoms with Gasteiger partial charge < -0.3 is 15.4 Å². The van der Waals surface area contributed by atoms with Crippen molar-refractivity contribution in [2.45, 2.75) is 13.5 Å². The van der Waals surface area contributed by atoms with Crippen LogP contribution in [-0.4, -0.2) is 13.0 Å². The molecule has 20 heavy (non-hydrogen) atoms. The Morgan fingerprint density at radius 2 is 1.80 bits per heavy atom. The molecule has 0 aliphatic carbocycles. The first-order chi connectivity index (χ1) is 9.67. The first kappa shape index (κ1) is 13.9. The molecule has 0 spiro atoms. The van der Waals surface area contributed by atoms with Crippen molar-refractivity contribution in [1.29, 1.82) is 0 Å². The molecule has 0 aliphatic rings. The molecule has 2 aromatic rings. The number of amides is 1. The van der Waals surface area contributed by atoms with Gasteiger partial charge in [-0.25, -0.2) is 0 Å². The van der Waals surface area contributed by atoms with E-state index in [1.807, 2.05) is 48.5 Å². The van der Waals surface area contributed by atoms with Gasteiger partial charge in [0.25, 0.3) is 0 Å². The van der Waals surface area contributed by atoms with Crippen LogP contribution in [0.15, 0.2) is 48.5 Å². The van der Waals surface area contributed by atoms with Crippen molar-refractivity contribution in [3.05, 3.63) is 54.1 Å². The molecule has 0 fully saturated rings. The van der Waals surface area contributed by atoms with Crippen LogP contribution in [0.2, 0.25) is 0 Å². The topological polar surface area (TPSA) is 50.4 Å². The van der Waals surface area contributed by atoms with E-state index in [0.717, 1.165) is 29.2 Å². The smallest absolute Gasteiger partial charge is 0.221 e. The molecule has 2 N–H and O–H groups in total. The second-order valence-corrected chi connectivity index (χ2v) is 4.46. The van der Waals surface area contributed by atoms with Gasteiger partial charge in [0.1, 0.15) is 5.75 Å². The van der Waals surface area contributed by atoms with Crippen LogP contribution in [0.25, 0.3) is 0 Å². The van der Waals surface area contributed by atoms with E-state index in [-0.39, 0.29) is 5.91 Å². The van der Waals surface area contributed by atoms with E-state index in [2.05, 4.69) is 10.6 Å². The monoisotopic (exact) mass is 270 g/mol. The van der Waals surface area contributed by atoms with E-state index in [9.17, 15) is 4.79 Å². The Labute approximate surface area is 118 Å². The van der Waals surface area contributed by atoms with Gasteiger partial charge >= 0.3 is 0 Å². The van der Waals surface area contributed by atoms with Crippen LogP contribution in [0.5, 0.6) is 5.75 Å². The van der Waals surface area contributed by atoms with E-state index in [0.29, 0.717) is 0 Å². The van der Waals surface area contributed by atoms with E-state index in [4.69, 9.17) is 4.74 Å². The lowest BCUT2D eigenvalue weighted by atomic mass is 10.2. The summed E-state index contributed by atoms with van der Waals surface area (Å²) in [5.41, 5.74) is 2.95. The minimum atomic E-state index is -0.0675. The number of benzene rings is 2. The number of hydrogen-bond acceptors (Lipinski definition) is 3. The third-order valence-electron chi connectivity index (χ3n) is 2.84. The average Bonchev–Trinajstić information content (AvgIpc) is 2.46. The first-order valence-electron chi connectivity index (χ1n) is 6.42. The molecule has 0 bridgehead atoms. The average molecular weight is 270 g/mol. The van der Waals surface area contributed by atoms with Gasteiger partial charge in [-0.15, -0.1) is 0 Å². The van der Waals surface area contributed by atoms with E-state index in [1.54, 1.807) is 7.11 Å². The molecular formula is C16H18N2O2. The zero-order valence-corrected chi connectivity index (χ0v) is 11.6. The number of methoxy groups -OCH3 is 1. The molecule has 2 rings (SSSR count). The zero-order chi connectivity index (χ0) is 14.4. The summed E-state index contributed by atoms with van der Waals surface area (Å²) in [6.45, 7) is 2.21. The van der Waals surface area contributed by atoms with Gasteiger partial charge in [-0.3, -0.25) is 4.79 Å². The molecule has 2 aromatic carbocycles. The summed E-state index contributed by atoms with van der Waals surface area (Å²) in [6, 6.07) is 15.5. The highest BCUT2D eigenvalue weighted by Crippen LogP contribution is 2.16. The number of anilines is 2. The molecular weight excluding hydrogens is 252 g/mol. The minimum absolute atomic E-state index is 0.0675. The Morgan fingerprint density at radius 3 is 2.45 bits per heavy atom. The summed E-state index contributed by atoms with van der Waals surface area (Å²) in [5, 5.41) is 6.06. The van der Waals surface area contributed by atoms with Crippen LogP contribution in [0.3, 0.4) is 0 Å². The molecule has 0 atom stereocenters. The van der Waals surface area contributed by atoms with Crippen molar-refractivity contribution in [1.82, 2.24) is 0 Å². The van der Waals surface area contributed by atoms with E-state index < -0.39 is 0 Å². The normalized spacial score (nSPS) is 9.90. The van der Waals surface area contributed by atoms with Crippen molar-refractivity contribution in [3.8, 4) is 5.75 Å². The third-order valence-corrected chi connectivity index (χ3v) is 2.84. The van der Waals surface area contributed by atoms with Crippen LogP contribution in [0, 0.1) is 0 Å². The van der Waals surface area contributed by atoms with E-state index >= 15 is 0 Å². The van der Waals surface area contributed by atoms with Crippen molar-refractivity contribution in [2.24, 2.45) is 0 Å². The minimum Gasteiger partial charge on any atom is -0.497 e. The predicted octanol–water partition coefficient (Wildman–Crippen LogP) is 3.27. The summed E-state index contributed by atoms with van der Waals surface area (Å²) in [4.78, 5) is 10.9. The van der Waals surface area contributed by atoms with E-state index in [1.165, 1.54) is 6.92 Å². The Kier molecular flexibility index (Phi) is 4.60. The Morgan fingerprint density at radius 1 is 1.10 bits per heavy atom. The van der Waals surface area contributed by atoms with Crippen LogP contribution < -0.4 is 15.4 Å². The maximum atomic E-state index is 10.9. The largest absolute Gasteiger partial charge is 0.497 e. The van der Waals surface area contributed by atoms with Crippen molar-refractivity contribution in [3.63, 3.8) is 0 Å². The summed E-state index contributed by atoms with van der Waals surface area (Å²) < 4.78 is 5.19. The second-order valence-electron chi connectivity index (χ2n) is 4.46. The lowest BCUT2D eigenvalue weighted by Gasteiger charge is -2.09. The highest BCUT2D eigenvalue weighted by Gasteiger charge is 1.98. The highest BCUT2D eigenvalue weighted by atomic mass is 16.5. The Bertz CT molecular complexity index is 579. The van der Waals surface area contributed by atoms with Crippen LogP contribution in [0.4, 0.5) is 11.4 Å². The van der Waals surface area contributed by atoms with Crippen molar-refractivity contribution in [2.75, 3.05) is 17.7 Å². The molecule has 0 radical (unpaired) electrons. The standard InChI is InChI=1S/C16H18N2O2/c1-12(19)18-15-8-6-14(7-9-15)17-11-13-4-3-5-16(10-13)20-2/h3-10,17H,11H2,1-2H3,(H,18,19). The molecule has 0 aromatic heterocycles. The van der Waals surface area contributed by atoms with Crippen molar-refractivity contribution >= 4 is 17.3 Å².